The third kappa shape index (κ3) is 2.93. The van der Waals surface area contributed by atoms with Gasteiger partial charge in [-0.15, -0.1) is 0 Å². The second kappa shape index (κ2) is 5.88. The van der Waals surface area contributed by atoms with Gasteiger partial charge in [-0.25, -0.2) is 9.18 Å². The van der Waals surface area contributed by atoms with Crippen molar-refractivity contribution < 1.29 is 23.1 Å². The molecule has 1 unspecified atom stereocenters. The van der Waals surface area contributed by atoms with Crippen LogP contribution >= 0.6 is 0 Å². The van der Waals surface area contributed by atoms with Gasteiger partial charge in [0.25, 0.3) is 5.91 Å². The molecule has 2 aromatic rings. The highest BCUT2D eigenvalue weighted by atomic mass is 19.1. The molecule has 6 nitrogen and oxygen atoms in total. The highest BCUT2D eigenvalue weighted by molar-refractivity contribution is 5.92. The fourth-order valence-corrected chi connectivity index (χ4v) is 2.18. The number of nitrogens with zero attached hydrogens (tertiary/aromatic N) is 1. The number of amides is 2. The number of cyclic esters (lactones) is 1. The SMILES string of the molecule is O=C(NCC1CN(c2cccc(F)c2)C(=O)O1)c1ccco1. The molecule has 7 heteroatoms. The summed E-state index contributed by atoms with van der Waals surface area (Å²) in [7, 11) is 0. The monoisotopic (exact) mass is 304 g/mol. The van der Waals surface area contributed by atoms with Crippen LogP contribution in [-0.4, -0.2) is 31.2 Å². The molecule has 1 atom stereocenters. The van der Waals surface area contributed by atoms with E-state index < -0.39 is 18.0 Å². The summed E-state index contributed by atoms with van der Waals surface area (Å²) < 4.78 is 23.3. The molecule has 1 N–H and O–H groups in total. The first kappa shape index (κ1) is 14.1. The standard InChI is InChI=1S/C15H13FN2O4/c16-10-3-1-4-11(7-10)18-9-12(22-15(18)20)8-17-14(19)13-5-2-6-21-13/h1-7,12H,8-9H2,(H,17,19). The average Bonchev–Trinajstić information content (AvgIpc) is 3.14. The molecule has 22 heavy (non-hydrogen) atoms. The Hall–Kier alpha value is -2.83. The van der Waals surface area contributed by atoms with Gasteiger partial charge in [-0.2, -0.15) is 0 Å². The number of benzene rings is 1. The first-order valence-electron chi connectivity index (χ1n) is 6.69. The normalized spacial score (nSPS) is 17.4. The van der Waals surface area contributed by atoms with Crippen LogP contribution in [0.4, 0.5) is 14.9 Å². The van der Waals surface area contributed by atoms with E-state index in [0.29, 0.717) is 5.69 Å². The van der Waals surface area contributed by atoms with Crippen LogP contribution in [0.1, 0.15) is 10.6 Å². The van der Waals surface area contributed by atoms with Crippen LogP contribution in [0.25, 0.3) is 0 Å². The minimum Gasteiger partial charge on any atom is -0.459 e. The zero-order valence-electron chi connectivity index (χ0n) is 11.5. The van der Waals surface area contributed by atoms with Gasteiger partial charge in [0.2, 0.25) is 0 Å². The van der Waals surface area contributed by atoms with Gasteiger partial charge in [0.1, 0.15) is 11.9 Å². The molecule has 114 valence electrons. The van der Waals surface area contributed by atoms with Gasteiger partial charge in [0.05, 0.1) is 25.0 Å². The summed E-state index contributed by atoms with van der Waals surface area (Å²) >= 11 is 0. The van der Waals surface area contributed by atoms with Crippen LogP contribution in [-0.2, 0) is 4.74 Å². The lowest BCUT2D eigenvalue weighted by molar-refractivity contribution is 0.0889. The summed E-state index contributed by atoms with van der Waals surface area (Å²) in [6.07, 6.45) is 0.327. The molecule has 2 amide bonds. The molecule has 2 heterocycles. The summed E-state index contributed by atoms with van der Waals surface area (Å²) in [4.78, 5) is 24.9. The fourth-order valence-electron chi connectivity index (χ4n) is 2.18. The van der Waals surface area contributed by atoms with Crippen molar-refractivity contribution >= 4 is 17.7 Å². The molecule has 0 spiro atoms. The van der Waals surface area contributed by atoms with E-state index in [1.807, 2.05) is 0 Å². The quantitative estimate of drug-likeness (QED) is 0.939. The first-order chi connectivity index (χ1) is 10.6. The van der Waals surface area contributed by atoms with Crippen molar-refractivity contribution in [2.45, 2.75) is 6.10 Å². The minimum atomic E-state index is -0.567. The van der Waals surface area contributed by atoms with E-state index in [1.165, 1.54) is 35.4 Å². The van der Waals surface area contributed by atoms with Gasteiger partial charge in [0.15, 0.2) is 5.76 Å². The van der Waals surface area contributed by atoms with Gasteiger partial charge in [-0.3, -0.25) is 9.69 Å². The maximum absolute atomic E-state index is 13.2. The van der Waals surface area contributed by atoms with Gasteiger partial charge in [0, 0.05) is 0 Å². The van der Waals surface area contributed by atoms with Crippen molar-refractivity contribution in [3.8, 4) is 0 Å². The van der Waals surface area contributed by atoms with E-state index in [4.69, 9.17) is 9.15 Å². The Kier molecular flexibility index (Phi) is 3.78. The first-order valence-corrected chi connectivity index (χ1v) is 6.69. The molecule has 3 rings (SSSR count). The van der Waals surface area contributed by atoms with Crippen molar-refractivity contribution in [2.24, 2.45) is 0 Å². The van der Waals surface area contributed by atoms with Crippen molar-refractivity contribution in [3.05, 3.63) is 54.2 Å². The Labute approximate surface area is 125 Å². The molecule has 1 aliphatic rings. The molecule has 1 aromatic carbocycles. The maximum atomic E-state index is 13.2. The molecule has 1 fully saturated rings. The van der Waals surface area contributed by atoms with Crippen LogP contribution < -0.4 is 10.2 Å². The lowest BCUT2D eigenvalue weighted by Gasteiger charge is -2.12. The van der Waals surface area contributed by atoms with E-state index in [1.54, 1.807) is 12.1 Å². The van der Waals surface area contributed by atoms with E-state index in [2.05, 4.69) is 5.32 Å². The van der Waals surface area contributed by atoms with Gasteiger partial charge in [-0.05, 0) is 30.3 Å². The fraction of sp³-hybridized carbons (Fsp3) is 0.200. The molecular formula is C15H13FN2O4. The van der Waals surface area contributed by atoms with Crippen LogP contribution in [0, 0.1) is 5.82 Å². The molecule has 1 aromatic heterocycles. The van der Waals surface area contributed by atoms with Crippen molar-refractivity contribution in [3.63, 3.8) is 0 Å². The summed E-state index contributed by atoms with van der Waals surface area (Å²) in [5.74, 6) is -0.628. The number of halogens is 1. The number of nitrogens with one attached hydrogen (secondary N) is 1. The highest BCUT2D eigenvalue weighted by Crippen LogP contribution is 2.22. The zero-order chi connectivity index (χ0) is 15.5. The third-order valence-corrected chi connectivity index (χ3v) is 3.23. The Morgan fingerprint density at radius 1 is 1.36 bits per heavy atom. The van der Waals surface area contributed by atoms with E-state index >= 15 is 0 Å². The molecular weight excluding hydrogens is 291 g/mol. The maximum Gasteiger partial charge on any atom is 0.414 e. The van der Waals surface area contributed by atoms with Crippen molar-refractivity contribution in [1.82, 2.24) is 5.32 Å². The molecule has 0 saturated carbocycles. The molecule has 1 saturated heterocycles. The number of hydrogen-bond acceptors (Lipinski definition) is 4. The summed E-state index contributed by atoms with van der Waals surface area (Å²) in [6, 6.07) is 8.83. The van der Waals surface area contributed by atoms with E-state index in [9.17, 15) is 14.0 Å². The predicted molar refractivity (Wildman–Crippen MR) is 75.1 cm³/mol. The Morgan fingerprint density at radius 3 is 2.95 bits per heavy atom. The highest BCUT2D eigenvalue weighted by Gasteiger charge is 2.32. The number of rotatable bonds is 4. The second-order valence-electron chi connectivity index (χ2n) is 4.78. The molecule has 0 radical (unpaired) electrons. The van der Waals surface area contributed by atoms with Crippen LogP contribution in [0.2, 0.25) is 0 Å². The third-order valence-electron chi connectivity index (χ3n) is 3.23. The van der Waals surface area contributed by atoms with Gasteiger partial charge >= 0.3 is 6.09 Å². The van der Waals surface area contributed by atoms with E-state index in [0.717, 1.165) is 0 Å². The topological polar surface area (TPSA) is 71.8 Å². The van der Waals surface area contributed by atoms with Crippen molar-refractivity contribution in [2.75, 3.05) is 18.0 Å². The summed E-state index contributed by atoms with van der Waals surface area (Å²) in [5, 5.41) is 2.62. The number of anilines is 1. The zero-order valence-corrected chi connectivity index (χ0v) is 11.5. The van der Waals surface area contributed by atoms with Crippen LogP contribution in [0.15, 0.2) is 47.1 Å². The number of carbonyl (C=O) groups is 2. The minimum absolute atomic E-state index is 0.150. The number of ether oxygens (including phenoxy) is 1. The second-order valence-corrected chi connectivity index (χ2v) is 4.78. The van der Waals surface area contributed by atoms with Crippen molar-refractivity contribution in [1.29, 1.82) is 0 Å². The lowest BCUT2D eigenvalue weighted by Crippen LogP contribution is -2.34. The van der Waals surface area contributed by atoms with Crippen LogP contribution in [0.3, 0.4) is 0 Å². The Balaban J connectivity index is 1.59. The Bertz CT molecular complexity index is 687. The summed E-state index contributed by atoms with van der Waals surface area (Å²) in [5.41, 5.74) is 0.421. The molecule has 1 aliphatic heterocycles. The number of furan rings is 1. The van der Waals surface area contributed by atoms with Gasteiger partial charge < -0.3 is 14.5 Å². The number of carbonyl (C=O) groups excluding carboxylic acids is 2. The predicted octanol–water partition coefficient (Wildman–Crippen LogP) is 2.17. The van der Waals surface area contributed by atoms with Crippen LogP contribution in [0.5, 0.6) is 0 Å². The lowest BCUT2D eigenvalue weighted by atomic mass is 10.2. The number of hydrogen-bond donors (Lipinski definition) is 1. The van der Waals surface area contributed by atoms with Gasteiger partial charge in [-0.1, -0.05) is 6.07 Å². The summed E-state index contributed by atoms with van der Waals surface area (Å²) in [6.45, 7) is 0.387. The largest absolute Gasteiger partial charge is 0.459 e. The van der Waals surface area contributed by atoms with E-state index in [-0.39, 0.29) is 24.8 Å². The molecule has 0 bridgehead atoms. The molecule has 0 aliphatic carbocycles. The average molecular weight is 304 g/mol. The smallest absolute Gasteiger partial charge is 0.414 e. The Morgan fingerprint density at radius 2 is 2.23 bits per heavy atom.